The Morgan fingerprint density at radius 3 is 2.58 bits per heavy atom. The van der Waals surface area contributed by atoms with E-state index in [1.165, 1.54) is 14.0 Å². The van der Waals surface area contributed by atoms with Crippen molar-refractivity contribution < 1.29 is 17.9 Å². The minimum atomic E-state index is -3.57. The summed E-state index contributed by atoms with van der Waals surface area (Å²) in [6, 6.07) is 3.73. The van der Waals surface area contributed by atoms with E-state index in [4.69, 9.17) is 4.74 Å². The standard InChI is InChI=1S/C19H24N2O4S/c1-19(18(22)25-2,26(3,23)24)10-15-21-13-8-17(9-14-21)5-4-16-6-11-20-12-7-16/h6-8,11-12H,9-10,13-15H2,1-3H3. The molecule has 2 heterocycles. The summed E-state index contributed by atoms with van der Waals surface area (Å²) >= 11 is 0. The van der Waals surface area contributed by atoms with E-state index in [0.717, 1.165) is 30.4 Å². The highest BCUT2D eigenvalue weighted by Gasteiger charge is 2.44. The van der Waals surface area contributed by atoms with Crippen molar-refractivity contribution in [2.24, 2.45) is 0 Å². The van der Waals surface area contributed by atoms with Gasteiger partial charge in [0, 0.05) is 49.4 Å². The van der Waals surface area contributed by atoms with Gasteiger partial charge in [-0.25, -0.2) is 8.42 Å². The number of methoxy groups -OCH3 is 1. The van der Waals surface area contributed by atoms with E-state index in [1.54, 1.807) is 12.4 Å². The number of sulfone groups is 1. The van der Waals surface area contributed by atoms with Gasteiger partial charge in [0.15, 0.2) is 14.6 Å². The molecule has 0 fully saturated rings. The molecule has 26 heavy (non-hydrogen) atoms. The Morgan fingerprint density at radius 2 is 2.04 bits per heavy atom. The molecule has 0 bridgehead atoms. The highest BCUT2D eigenvalue weighted by atomic mass is 32.2. The van der Waals surface area contributed by atoms with Gasteiger partial charge in [0.05, 0.1) is 7.11 Å². The average molecular weight is 376 g/mol. The van der Waals surface area contributed by atoms with Gasteiger partial charge >= 0.3 is 5.97 Å². The molecular formula is C19H24N2O4S. The summed E-state index contributed by atoms with van der Waals surface area (Å²) in [4.78, 5) is 18.0. The summed E-state index contributed by atoms with van der Waals surface area (Å²) in [5, 5.41) is 0. The van der Waals surface area contributed by atoms with E-state index in [2.05, 4.69) is 21.7 Å². The highest BCUT2D eigenvalue weighted by Crippen LogP contribution is 2.24. The first-order chi connectivity index (χ1) is 12.3. The molecule has 1 aromatic rings. The predicted molar refractivity (Wildman–Crippen MR) is 100 cm³/mol. The van der Waals surface area contributed by atoms with Crippen LogP contribution in [0.2, 0.25) is 0 Å². The third kappa shape index (κ3) is 4.93. The monoisotopic (exact) mass is 376 g/mol. The van der Waals surface area contributed by atoms with Gasteiger partial charge in [-0.15, -0.1) is 0 Å². The number of aromatic nitrogens is 1. The summed E-state index contributed by atoms with van der Waals surface area (Å²) in [5.41, 5.74) is 1.99. The summed E-state index contributed by atoms with van der Waals surface area (Å²) < 4.78 is 27.3. The summed E-state index contributed by atoms with van der Waals surface area (Å²) in [5.74, 6) is 5.57. The molecule has 0 radical (unpaired) electrons. The maximum Gasteiger partial charge on any atom is 0.326 e. The maximum atomic E-state index is 12.0. The van der Waals surface area contributed by atoms with Crippen LogP contribution in [0.15, 0.2) is 36.2 Å². The van der Waals surface area contributed by atoms with E-state index in [-0.39, 0.29) is 6.42 Å². The average Bonchev–Trinajstić information content (AvgIpc) is 2.64. The van der Waals surface area contributed by atoms with Crippen LogP contribution in [0, 0.1) is 11.8 Å². The van der Waals surface area contributed by atoms with Gasteiger partial charge in [0.1, 0.15) is 0 Å². The minimum absolute atomic E-state index is 0.199. The third-order valence-corrected chi connectivity index (χ3v) is 6.69. The fourth-order valence-electron chi connectivity index (χ4n) is 2.64. The van der Waals surface area contributed by atoms with Gasteiger partial charge in [-0.1, -0.05) is 17.9 Å². The van der Waals surface area contributed by atoms with Crippen LogP contribution in [0.1, 0.15) is 25.3 Å². The Labute approximate surface area is 155 Å². The molecule has 0 N–H and O–H groups in total. The Hall–Kier alpha value is -2.17. The number of hydrogen-bond donors (Lipinski definition) is 0. The molecular weight excluding hydrogens is 352 g/mol. The van der Waals surface area contributed by atoms with Crippen LogP contribution in [0.5, 0.6) is 0 Å². The Bertz CT molecular complexity index is 837. The number of carbonyl (C=O) groups is 1. The summed E-state index contributed by atoms with van der Waals surface area (Å²) in [6.45, 7) is 3.39. The minimum Gasteiger partial charge on any atom is -0.468 e. The number of rotatable bonds is 5. The SMILES string of the molecule is COC(=O)C(C)(CCN1CC=C(C#Cc2ccncc2)CC1)S(C)(=O)=O. The van der Waals surface area contributed by atoms with Crippen molar-refractivity contribution in [3.8, 4) is 11.8 Å². The summed E-state index contributed by atoms with van der Waals surface area (Å²) in [7, 11) is -2.36. The van der Waals surface area contributed by atoms with Crippen molar-refractivity contribution in [1.82, 2.24) is 9.88 Å². The molecule has 0 amide bonds. The molecule has 7 heteroatoms. The molecule has 1 aliphatic heterocycles. The number of ether oxygens (including phenoxy) is 1. The number of pyridine rings is 1. The first-order valence-corrected chi connectivity index (χ1v) is 10.3. The quantitative estimate of drug-likeness (QED) is 0.572. The molecule has 1 aromatic heterocycles. The number of nitrogens with zero attached hydrogens (tertiary/aromatic N) is 2. The van der Waals surface area contributed by atoms with Gasteiger partial charge in [-0.05, 0) is 31.9 Å². The van der Waals surface area contributed by atoms with E-state index in [1.807, 2.05) is 18.2 Å². The fourth-order valence-corrected chi connectivity index (χ4v) is 3.49. The largest absolute Gasteiger partial charge is 0.468 e. The Balaban J connectivity index is 1.96. The van der Waals surface area contributed by atoms with Crippen LogP contribution in [0.4, 0.5) is 0 Å². The van der Waals surface area contributed by atoms with Crippen LogP contribution in [0.3, 0.4) is 0 Å². The smallest absolute Gasteiger partial charge is 0.326 e. The van der Waals surface area contributed by atoms with Crippen molar-refractivity contribution in [2.45, 2.75) is 24.5 Å². The second kappa shape index (κ2) is 8.47. The lowest BCUT2D eigenvalue weighted by atomic mass is 10.0. The molecule has 1 atom stereocenters. The van der Waals surface area contributed by atoms with Crippen LogP contribution in [-0.4, -0.2) is 62.0 Å². The third-order valence-electron chi connectivity index (χ3n) is 4.68. The van der Waals surface area contributed by atoms with Gasteiger partial charge in [0.25, 0.3) is 0 Å². The van der Waals surface area contributed by atoms with Crippen LogP contribution in [0.25, 0.3) is 0 Å². The Kier molecular flexibility index (Phi) is 6.57. The topological polar surface area (TPSA) is 76.6 Å². The van der Waals surface area contributed by atoms with Crippen molar-refractivity contribution in [1.29, 1.82) is 0 Å². The van der Waals surface area contributed by atoms with Gasteiger partial charge in [-0.2, -0.15) is 0 Å². The second-order valence-corrected chi connectivity index (χ2v) is 8.96. The Morgan fingerprint density at radius 1 is 1.35 bits per heavy atom. The molecule has 0 aliphatic carbocycles. The predicted octanol–water partition coefficient (Wildman–Crippen LogP) is 1.43. The molecule has 0 aromatic carbocycles. The zero-order chi connectivity index (χ0) is 19.2. The van der Waals surface area contributed by atoms with E-state index in [0.29, 0.717) is 13.1 Å². The van der Waals surface area contributed by atoms with Gasteiger partial charge < -0.3 is 4.74 Å². The lowest BCUT2D eigenvalue weighted by molar-refractivity contribution is -0.143. The molecule has 0 saturated carbocycles. The van der Waals surface area contributed by atoms with Gasteiger partial charge in [-0.3, -0.25) is 14.7 Å². The van der Waals surface area contributed by atoms with Crippen molar-refractivity contribution in [2.75, 3.05) is 33.0 Å². The second-order valence-electron chi connectivity index (χ2n) is 6.51. The molecule has 1 unspecified atom stereocenters. The summed E-state index contributed by atoms with van der Waals surface area (Å²) in [6.07, 6.45) is 7.54. The van der Waals surface area contributed by atoms with E-state index in [9.17, 15) is 13.2 Å². The zero-order valence-electron chi connectivity index (χ0n) is 15.4. The van der Waals surface area contributed by atoms with E-state index < -0.39 is 20.6 Å². The molecule has 6 nitrogen and oxygen atoms in total. The number of hydrogen-bond acceptors (Lipinski definition) is 6. The lowest BCUT2D eigenvalue weighted by Gasteiger charge is -2.30. The highest BCUT2D eigenvalue weighted by molar-refractivity contribution is 7.92. The number of carbonyl (C=O) groups excluding carboxylic acids is 1. The molecule has 140 valence electrons. The number of esters is 1. The van der Waals surface area contributed by atoms with E-state index >= 15 is 0 Å². The van der Waals surface area contributed by atoms with Crippen molar-refractivity contribution in [3.63, 3.8) is 0 Å². The van der Waals surface area contributed by atoms with Crippen LogP contribution < -0.4 is 0 Å². The van der Waals surface area contributed by atoms with Crippen LogP contribution >= 0.6 is 0 Å². The lowest BCUT2D eigenvalue weighted by Crippen LogP contribution is -2.46. The van der Waals surface area contributed by atoms with Gasteiger partial charge in [0.2, 0.25) is 0 Å². The van der Waals surface area contributed by atoms with Crippen molar-refractivity contribution >= 4 is 15.8 Å². The maximum absolute atomic E-state index is 12.0. The molecule has 1 aliphatic rings. The first-order valence-electron chi connectivity index (χ1n) is 8.38. The normalized spacial score (nSPS) is 17.4. The van der Waals surface area contributed by atoms with Crippen LogP contribution in [-0.2, 0) is 19.4 Å². The zero-order valence-corrected chi connectivity index (χ0v) is 16.2. The molecule has 0 spiro atoms. The first kappa shape index (κ1) is 20.1. The fraction of sp³-hybridized carbons (Fsp3) is 0.474. The molecule has 2 rings (SSSR count). The molecule has 0 saturated heterocycles. The van der Waals surface area contributed by atoms with Crippen molar-refractivity contribution in [3.05, 3.63) is 41.7 Å².